The average molecular weight is 394 g/mol. The highest BCUT2D eigenvalue weighted by Gasteiger charge is 2.40. The SMILES string of the molecule is O=C(c1ccccc1)N1CCOC(CCCO)(c2ccc(Cl)c(Cl)c2)C1. The van der Waals surface area contributed by atoms with Gasteiger partial charge in [-0.25, -0.2) is 0 Å². The highest BCUT2D eigenvalue weighted by Crippen LogP contribution is 2.37. The van der Waals surface area contributed by atoms with Crippen LogP contribution in [0.3, 0.4) is 0 Å². The van der Waals surface area contributed by atoms with E-state index in [0.717, 1.165) is 5.56 Å². The van der Waals surface area contributed by atoms with Gasteiger partial charge in [0.1, 0.15) is 5.60 Å². The van der Waals surface area contributed by atoms with Crippen LogP contribution in [0.25, 0.3) is 0 Å². The summed E-state index contributed by atoms with van der Waals surface area (Å²) in [6.45, 7) is 1.40. The van der Waals surface area contributed by atoms with Gasteiger partial charge in [0.2, 0.25) is 0 Å². The van der Waals surface area contributed by atoms with Crippen molar-refractivity contribution in [1.29, 1.82) is 0 Å². The van der Waals surface area contributed by atoms with E-state index < -0.39 is 5.60 Å². The number of amides is 1. The van der Waals surface area contributed by atoms with E-state index in [-0.39, 0.29) is 12.5 Å². The molecule has 2 aromatic rings. The Hall–Kier alpha value is -1.59. The van der Waals surface area contributed by atoms with Gasteiger partial charge in [-0.3, -0.25) is 4.79 Å². The molecule has 2 aromatic carbocycles. The topological polar surface area (TPSA) is 49.8 Å². The summed E-state index contributed by atoms with van der Waals surface area (Å²) in [5.74, 6) is -0.0256. The fraction of sp³-hybridized carbons (Fsp3) is 0.350. The fourth-order valence-corrected chi connectivity index (χ4v) is 3.63. The van der Waals surface area contributed by atoms with Gasteiger partial charge in [-0.2, -0.15) is 0 Å². The van der Waals surface area contributed by atoms with E-state index in [4.69, 9.17) is 27.9 Å². The minimum absolute atomic E-state index is 0.0256. The van der Waals surface area contributed by atoms with Gasteiger partial charge in [0.25, 0.3) is 5.91 Å². The smallest absolute Gasteiger partial charge is 0.254 e. The van der Waals surface area contributed by atoms with Crippen molar-refractivity contribution in [3.63, 3.8) is 0 Å². The van der Waals surface area contributed by atoms with Crippen molar-refractivity contribution in [2.75, 3.05) is 26.3 Å². The number of halogens is 2. The van der Waals surface area contributed by atoms with E-state index in [9.17, 15) is 9.90 Å². The van der Waals surface area contributed by atoms with Crippen molar-refractivity contribution in [2.45, 2.75) is 18.4 Å². The van der Waals surface area contributed by atoms with Gasteiger partial charge in [-0.1, -0.05) is 47.5 Å². The van der Waals surface area contributed by atoms with Crippen molar-refractivity contribution < 1.29 is 14.6 Å². The van der Waals surface area contributed by atoms with Gasteiger partial charge in [0, 0.05) is 18.7 Å². The van der Waals surface area contributed by atoms with Gasteiger partial charge in [-0.15, -0.1) is 0 Å². The summed E-state index contributed by atoms with van der Waals surface area (Å²) in [7, 11) is 0. The molecule has 0 aromatic heterocycles. The second-order valence-corrected chi connectivity index (χ2v) is 7.21. The van der Waals surface area contributed by atoms with Crippen LogP contribution in [0.4, 0.5) is 0 Å². The monoisotopic (exact) mass is 393 g/mol. The predicted octanol–water partition coefficient (Wildman–Crippen LogP) is 4.13. The number of carbonyl (C=O) groups excluding carboxylic acids is 1. The molecule has 1 N–H and O–H groups in total. The molecule has 1 fully saturated rings. The van der Waals surface area contributed by atoms with E-state index in [1.165, 1.54) is 0 Å². The zero-order valence-electron chi connectivity index (χ0n) is 14.3. The molecule has 0 bridgehead atoms. The highest BCUT2D eigenvalue weighted by atomic mass is 35.5. The molecule has 0 radical (unpaired) electrons. The van der Waals surface area contributed by atoms with Gasteiger partial charge in [0.15, 0.2) is 0 Å². The Morgan fingerprint density at radius 1 is 1.15 bits per heavy atom. The quantitative estimate of drug-likeness (QED) is 0.830. The van der Waals surface area contributed by atoms with Gasteiger partial charge >= 0.3 is 0 Å². The number of aliphatic hydroxyl groups is 1. The third-order valence-corrected chi connectivity index (χ3v) is 5.42. The molecular weight excluding hydrogens is 373 g/mol. The number of aliphatic hydroxyl groups excluding tert-OH is 1. The first-order chi connectivity index (χ1) is 12.6. The Morgan fingerprint density at radius 3 is 2.62 bits per heavy atom. The maximum Gasteiger partial charge on any atom is 0.254 e. The standard InChI is InChI=1S/C20H21Cl2NO3/c21-17-8-7-16(13-18(17)22)20(9-4-11-24)14-23(10-12-26-20)19(25)15-5-2-1-3-6-15/h1-3,5-8,13,24H,4,9-12,14H2. The molecular formula is C20H21Cl2NO3. The fourth-order valence-electron chi connectivity index (χ4n) is 3.34. The largest absolute Gasteiger partial charge is 0.396 e. The minimum Gasteiger partial charge on any atom is -0.396 e. The number of nitrogens with zero attached hydrogens (tertiary/aromatic N) is 1. The van der Waals surface area contributed by atoms with E-state index >= 15 is 0 Å². The van der Waals surface area contributed by atoms with Crippen LogP contribution in [0.5, 0.6) is 0 Å². The lowest BCUT2D eigenvalue weighted by Crippen LogP contribution is -2.52. The molecule has 0 aliphatic carbocycles. The molecule has 138 valence electrons. The maximum absolute atomic E-state index is 12.9. The average Bonchev–Trinajstić information content (AvgIpc) is 2.68. The van der Waals surface area contributed by atoms with Gasteiger partial charge < -0.3 is 14.7 Å². The number of hydrogen-bond donors (Lipinski definition) is 1. The molecule has 3 rings (SSSR count). The van der Waals surface area contributed by atoms with Crippen molar-refractivity contribution in [3.05, 3.63) is 69.7 Å². The van der Waals surface area contributed by atoms with E-state index in [1.54, 1.807) is 17.0 Å². The van der Waals surface area contributed by atoms with Crippen molar-refractivity contribution in [3.8, 4) is 0 Å². The number of benzene rings is 2. The summed E-state index contributed by atoms with van der Waals surface area (Å²) in [5, 5.41) is 10.2. The molecule has 0 spiro atoms. The number of ether oxygens (including phenoxy) is 1. The molecule has 1 aliphatic heterocycles. The van der Waals surface area contributed by atoms with Crippen LogP contribution >= 0.6 is 23.2 Å². The normalized spacial score (nSPS) is 20.2. The lowest BCUT2D eigenvalue weighted by Gasteiger charge is -2.43. The summed E-state index contributed by atoms with van der Waals surface area (Å²) in [4.78, 5) is 14.7. The lowest BCUT2D eigenvalue weighted by atomic mass is 9.87. The highest BCUT2D eigenvalue weighted by molar-refractivity contribution is 6.42. The zero-order valence-corrected chi connectivity index (χ0v) is 15.8. The lowest BCUT2D eigenvalue weighted by molar-refractivity contribution is -0.112. The number of morpholine rings is 1. The third kappa shape index (κ3) is 4.04. The second-order valence-electron chi connectivity index (χ2n) is 6.39. The maximum atomic E-state index is 12.9. The van der Waals surface area contributed by atoms with E-state index in [2.05, 4.69) is 0 Å². The van der Waals surface area contributed by atoms with Crippen LogP contribution in [0.1, 0.15) is 28.8 Å². The number of carbonyl (C=O) groups is 1. The summed E-state index contributed by atoms with van der Waals surface area (Å²) < 4.78 is 6.16. The van der Waals surface area contributed by atoms with Crippen molar-refractivity contribution in [1.82, 2.24) is 4.90 Å². The summed E-state index contributed by atoms with van der Waals surface area (Å²) >= 11 is 12.3. The van der Waals surface area contributed by atoms with E-state index in [0.29, 0.717) is 48.1 Å². The van der Waals surface area contributed by atoms with Crippen LogP contribution in [0.15, 0.2) is 48.5 Å². The first-order valence-electron chi connectivity index (χ1n) is 8.60. The Morgan fingerprint density at radius 2 is 1.92 bits per heavy atom. The van der Waals surface area contributed by atoms with E-state index in [1.807, 2.05) is 36.4 Å². The van der Waals surface area contributed by atoms with Crippen LogP contribution in [-0.4, -0.2) is 42.2 Å². The summed E-state index contributed by atoms with van der Waals surface area (Å²) in [6, 6.07) is 14.6. The molecule has 6 heteroatoms. The Kier molecular flexibility index (Phi) is 6.20. The first kappa shape index (κ1) is 19.2. The summed E-state index contributed by atoms with van der Waals surface area (Å²) in [6.07, 6.45) is 1.15. The molecule has 1 saturated heterocycles. The van der Waals surface area contributed by atoms with Crippen molar-refractivity contribution in [2.24, 2.45) is 0 Å². The van der Waals surface area contributed by atoms with Gasteiger partial charge in [-0.05, 0) is 42.7 Å². The molecule has 26 heavy (non-hydrogen) atoms. The van der Waals surface area contributed by atoms with Gasteiger partial charge in [0.05, 0.1) is 23.2 Å². The van der Waals surface area contributed by atoms with Crippen LogP contribution in [0, 0.1) is 0 Å². The molecule has 0 saturated carbocycles. The predicted molar refractivity (Wildman–Crippen MR) is 103 cm³/mol. The molecule has 1 aliphatic rings. The Bertz CT molecular complexity index is 769. The number of rotatable bonds is 5. The van der Waals surface area contributed by atoms with Crippen LogP contribution < -0.4 is 0 Å². The Balaban J connectivity index is 1.91. The van der Waals surface area contributed by atoms with Crippen LogP contribution in [0.2, 0.25) is 10.0 Å². The number of hydrogen-bond acceptors (Lipinski definition) is 3. The van der Waals surface area contributed by atoms with Crippen LogP contribution in [-0.2, 0) is 10.3 Å². The summed E-state index contributed by atoms with van der Waals surface area (Å²) in [5.41, 5.74) is 0.810. The molecule has 4 nitrogen and oxygen atoms in total. The van der Waals surface area contributed by atoms with Crippen molar-refractivity contribution >= 4 is 29.1 Å². The third-order valence-electron chi connectivity index (χ3n) is 4.68. The molecule has 1 unspecified atom stereocenters. The Labute approximate surface area is 163 Å². The zero-order chi connectivity index (χ0) is 18.6. The minimum atomic E-state index is -0.709. The molecule has 1 heterocycles. The molecule has 1 atom stereocenters. The first-order valence-corrected chi connectivity index (χ1v) is 9.36. The second kappa shape index (κ2) is 8.40. The molecule has 1 amide bonds.